The molecule has 112 valence electrons. The molecule has 1 heterocycles. The highest BCUT2D eigenvalue weighted by atomic mass is 32.2. The van der Waals surface area contributed by atoms with Crippen molar-refractivity contribution in [2.45, 2.75) is 30.4 Å². The minimum absolute atomic E-state index is 0.0661. The van der Waals surface area contributed by atoms with Crippen LogP contribution in [0.5, 0.6) is 5.75 Å². The second kappa shape index (κ2) is 5.33. The summed E-state index contributed by atoms with van der Waals surface area (Å²) >= 11 is 0. The second-order valence-electron chi connectivity index (χ2n) is 5.45. The maximum atomic E-state index is 12.6. The number of ether oxygens (including phenoxy) is 1. The maximum absolute atomic E-state index is 12.6. The first-order chi connectivity index (χ1) is 9.26. The molecule has 0 saturated carbocycles. The van der Waals surface area contributed by atoms with Crippen molar-refractivity contribution in [1.82, 2.24) is 4.31 Å². The molecular formula is C13H19NO5S. The average Bonchev–Trinajstić information content (AvgIpc) is 2.37. The number of rotatable bonds is 3. The molecule has 0 aliphatic carbocycles. The van der Waals surface area contributed by atoms with Gasteiger partial charge < -0.3 is 14.9 Å². The number of hydrogen-bond donors (Lipinski definition) is 2. The van der Waals surface area contributed by atoms with Gasteiger partial charge in [-0.1, -0.05) is 12.1 Å². The Bertz CT molecular complexity index is 584. The smallest absolute Gasteiger partial charge is 0.246 e. The molecule has 6 nitrogen and oxygen atoms in total. The zero-order valence-electron chi connectivity index (χ0n) is 11.5. The Morgan fingerprint density at radius 3 is 2.65 bits per heavy atom. The Morgan fingerprint density at radius 1 is 1.40 bits per heavy atom. The van der Waals surface area contributed by atoms with E-state index < -0.39 is 21.7 Å². The number of morpholine rings is 1. The summed E-state index contributed by atoms with van der Waals surface area (Å²) in [5, 5.41) is 19.0. The van der Waals surface area contributed by atoms with Crippen molar-refractivity contribution in [3.8, 4) is 5.75 Å². The van der Waals surface area contributed by atoms with Gasteiger partial charge in [0.1, 0.15) is 10.6 Å². The van der Waals surface area contributed by atoms with Crippen molar-refractivity contribution in [3.05, 3.63) is 24.3 Å². The molecule has 1 atom stereocenters. The van der Waals surface area contributed by atoms with E-state index in [-0.39, 0.29) is 30.3 Å². The molecule has 0 spiro atoms. The number of benzene rings is 1. The van der Waals surface area contributed by atoms with Gasteiger partial charge in [-0.25, -0.2) is 8.42 Å². The summed E-state index contributed by atoms with van der Waals surface area (Å²) < 4.78 is 32.0. The molecule has 0 amide bonds. The van der Waals surface area contributed by atoms with Crippen LogP contribution >= 0.6 is 0 Å². The summed E-state index contributed by atoms with van der Waals surface area (Å²) in [5.74, 6) is -0.280. The summed E-state index contributed by atoms with van der Waals surface area (Å²) in [7, 11) is -3.81. The van der Waals surface area contributed by atoms with Crippen LogP contribution in [0.1, 0.15) is 13.8 Å². The number of sulfonamides is 1. The van der Waals surface area contributed by atoms with Gasteiger partial charge in [-0.3, -0.25) is 0 Å². The van der Waals surface area contributed by atoms with E-state index in [0.29, 0.717) is 0 Å². The standard InChI is InChI=1S/C13H19NO5S/c1-13(2)9-14(7-10(8-15)19-13)20(17,18)12-6-4-3-5-11(12)16/h3-6,10,15-16H,7-9H2,1-2H3. The Balaban J connectivity index is 2.36. The molecule has 1 aliphatic rings. The third kappa shape index (κ3) is 2.95. The fraction of sp³-hybridized carbons (Fsp3) is 0.538. The molecule has 2 N–H and O–H groups in total. The lowest BCUT2D eigenvalue weighted by Gasteiger charge is -2.41. The summed E-state index contributed by atoms with van der Waals surface area (Å²) in [6.45, 7) is 3.51. The lowest BCUT2D eigenvalue weighted by molar-refractivity contribution is -0.131. The van der Waals surface area contributed by atoms with Crippen LogP contribution in [0, 0.1) is 0 Å². The predicted molar refractivity (Wildman–Crippen MR) is 72.9 cm³/mol. The number of hydrogen-bond acceptors (Lipinski definition) is 5. The minimum atomic E-state index is -3.81. The molecule has 1 saturated heterocycles. The van der Waals surface area contributed by atoms with Crippen LogP contribution in [-0.2, 0) is 14.8 Å². The lowest BCUT2D eigenvalue weighted by atomic mass is 10.1. The average molecular weight is 301 g/mol. The number of aliphatic hydroxyl groups excluding tert-OH is 1. The molecule has 20 heavy (non-hydrogen) atoms. The van der Waals surface area contributed by atoms with Crippen molar-refractivity contribution < 1.29 is 23.4 Å². The zero-order chi connectivity index (χ0) is 15.0. The van der Waals surface area contributed by atoms with Crippen LogP contribution in [0.2, 0.25) is 0 Å². The zero-order valence-corrected chi connectivity index (χ0v) is 12.3. The SMILES string of the molecule is CC1(C)CN(S(=O)(=O)c2ccccc2O)CC(CO)O1. The fourth-order valence-corrected chi connectivity index (χ4v) is 4.04. The van der Waals surface area contributed by atoms with Crippen molar-refractivity contribution >= 4 is 10.0 Å². The fourth-order valence-electron chi connectivity index (χ4n) is 2.33. The highest BCUT2D eigenvalue weighted by Gasteiger charge is 2.39. The first-order valence-corrected chi connectivity index (χ1v) is 7.77. The van der Waals surface area contributed by atoms with E-state index in [1.807, 2.05) is 0 Å². The summed E-state index contributed by atoms with van der Waals surface area (Å²) in [6, 6.07) is 5.82. The number of aromatic hydroxyl groups is 1. The van der Waals surface area contributed by atoms with E-state index >= 15 is 0 Å². The van der Waals surface area contributed by atoms with E-state index in [2.05, 4.69) is 0 Å². The Labute approximate surface area is 118 Å². The van der Waals surface area contributed by atoms with E-state index in [1.54, 1.807) is 26.0 Å². The first kappa shape index (κ1) is 15.2. The van der Waals surface area contributed by atoms with Gasteiger partial charge in [0, 0.05) is 13.1 Å². The van der Waals surface area contributed by atoms with Gasteiger partial charge in [0.25, 0.3) is 0 Å². The molecule has 1 aromatic carbocycles. The van der Waals surface area contributed by atoms with E-state index in [4.69, 9.17) is 4.74 Å². The highest BCUT2D eigenvalue weighted by Crippen LogP contribution is 2.30. The van der Waals surface area contributed by atoms with E-state index in [9.17, 15) is 18.6 Å². The van der Waals surface area contributed by atoms with Gasteiger partial charge in [0.05, 0.1) is 18.3 Å². The largest absolute Gasteiger partial charge is 0.507 e. The summed E-state index contributed by atoms with van der Waals surface area (Å²) in [4.78, 5) is -0.130. The monoisotopic (exact) mass is 301 g/mol. The van der Waals surface area contributed by atoms with Gasteiger partial charge >= 0.3 is 0 Å². The molecule has 1 aliphatic heterocycles. The van der Waals surface area contributed by atoms with Gasteiger partial charge in [0.15, 0.2) is 0 Å². The van der Waals surface area contributed by atoms with Crippen LogP contribution in [0.3, 0.4) is 0 Å². The first-order valence-electron chi connectivity index (χ1n) is 6.33. The molecule has 0 radical (unpaired) electrons. The number of phenols is 1. The number of para-hydroxylation sites is 1. The summed E-state index contributed by atoms with van der Waals surface area (Å²) in [6.07, 6.45) is -0.570. The van der Waals surface area contributed by atoms with Crippen molar-refractivity contribution in [3.63, 3.8) is 0 Å². The highest BCUT2D eigenvalue weighted by molar-refractivity contribution is 7.89. The molecule has 1 fully saturated rings. The topological polar surface area (TPSA) is 87.1 Å². The van der Waals surface area contributed by atoms with Crippen LogP contribution in [-0.4, -0.2) is 54.3 Å². The van der Waals surface area contributed by atoms with E-state index in [1.165, 1.54) is 16.4 Å². The van der Waals surface area contributed by atoms with Gasteiger partial charge in [-0.2, -0.15) is 4.31 Å². The Hall–Kier alpha value is -1.15. The molecule has 1 aromatic rings. The van der Waals surface area contributed by atoms with Crippen molar-refractivity contribution in [2.75, 3.05) is 19.7 Å². The van der Waals surface area contributed by atoms with Crippen molar-refractivity contribution in [2.24, 2.45) is 0 Å². The lowest BCUT2D eigenvalue weighted by Crippen LogP contribution is -2.55. The van der Waals surface area contributed by atoms with Crippen LogP contribution < -0.4 is 0 Å². The predicted octanol–water partition coefficient (Wildman–Crippen LogP) is 0.553. The number of aliphatic hydroxyl groups is 1. The maximum Gasteiger partial charge on any atom is 0.246 e. The van der Waals surface area contributed by atoms with Crippen LogP contribution in [0.15, 0.2) is 29.2 Å². The number of nitrogens with zero attached hydrogens (tertiary/aromatic N) is 1. The molecule has 1 unspecified atom stereocenters. The third-order valence-corrected chi connectivity index (χ3v) is 5.00. The van der Waals surface area contributed by atoms with Gasteiger partial charge in [0.2, 0.25) is 10.0 Å². The summed E-state index contributed by atoms with van der Waals surface area (Å²) in [5.41, 5.74) is -0.691. The second-order valence-corrected chi connectivity index (χ2v) is 7.35. The minimum Gasteiger partial charge on any atom is -0.507 e. The molecule has 0 aromatic heterocycles. The third-order valence-electron chi connectivity index (χ3n) is 3.14. The van der Waals surface area contributed by atoms with Gasteiger partial charge in [-0.05, 0) is 26.0 Å². The van der Waals surface area contributed by atoms with Crippen LogP contribution in [0.25, 0.3) is 0 Å². The van der Waals surface area contributed by atoms with Gasteiger partial charge in [-0.15, -0.1) is 0 Å². The Kier molecular flexibility index (Phi) is 4.06. The Morgan fingerprint density at radius 2 is 2.05 bits per heavy atom. The number of phenolic OH excluding ortho intramolecular Hbond substituents is 1. The van der Waals surface area contributed by atoms with E-state index in [0.717, 1.165) is 0 Å². The molecular weight excluding hydrogens is 282 g/mol. The van der Waals surface area contributed by atoms with Crippen molar-refractivity contribution in [1.29, 1.82) is 0 Å². The molecule has 0 bridgehead atoms. The molecule has 7 heteroatoms. The quantitative estimate of drug-likeness (QED) is 0.851. The van der Waals surface area contributed by atoms with Crippen LogP contribution in [0.4, 0.5) is 0 Å². The molecule has 2 rings (SSSR count). The normalized spacial score (nSPS) is 23.6.